The van der Waals surface area contributed by atoms with E-state index in [9.17, 15) is 4.79 Å². The lowest BCUT2D eigenvalue weighted by Crippen LogP contribution is -2.19. The minimum Gasteiger partial charge on any atom is -0.368 e. The van der Waals surface area contributed by atoms with Crippen molar-refractivity contribution < 1.29 is 4.79 Å². The fourth-order valence-corrected chi connectivity index (χ4v) is 2.00. The Morgan fingerprint density at radius 3 is 2.76 bits per heavy atom. The fourth-order valence-electron chi connectivity index (χ4n) is 2.00. The number of rotatable bonds is 2. The van der Waals surface area contributed by atoms with Gasteiger partial charge in [0.15, 0.2) is 0 Å². The zero-order valence-electron chi connectivity index (χ0n) is 9.82. The van der Waals surface area contributed by atoms with Gasteiger partial charge in [0, 0.05) is 10.9 Å². The van der Waals surface area contributed by atoms with Crippen LogP contribution in [0.1, 0.15) is 16.8 Å². The van der Waals surface area contributed by atoms with Gasteiger partial charge in [0.05, 0.1) is 0 Å². The van der Waals surface area contributed by atoms with E-state index in [1.54, 1.807) is 10.6 Å². The molecule has 0 unspecified atom stereocenters. The Morgan fingerprint density at radius 2 is 2.18 bits per heavy atom. The van der Waals surface area contributed by atoms with Gasteiger partial charge in [-0.3, -0.25) is 4.79 Å². The number of nitrogens with zero attached hydrogens (tertiary/aromatic N) is 2. The first kappa shape index (κ1) is 11.2. The summed E-state index contributed by atoms with van der Waals surface area (Å²) in [7, 11) is 0. The third kappa shape index (κ3) is 1.76. The highest BCUT2D eigenvalue weighted by molar-refractivity contribution is 5.88. The van der Waals surface area contributed by atoms with Crippen molar-refractivity contribution in [3.8, 4) is 6.07 Å². The van der Waals surface area contributed by atoms with Crippen molar-refractivity contribution in [2.75, 3.05) is 0 Å². The molecule has 0 aliphatic rings. The first-order chi connectivity index (χ1) is 8.04. The molecule has 0 aliphatic heterocycles. The van der Waals surface area contributed by atoms with Gasteiger partial charge in [-0.15, -0.1) is 0 Å². The Hall–Kier alpha value is -2.28. The second-order valence-corrected chi connectivity index (χ2v) is 4.13. The number of benzene rings is 1. The molecule has 2 N–H and O–H groups in total. The number of nitriles is 1. The molecule has 2 aromatic rings. The van der Waals surface area contributed by atoms with E-state index in [0.29, 0.717) is 5.69 Å². The second kappa shape index (κ2) is 3.95. The zero-order valence-corrected chi connectivity index (χ0v) is 9.82. The molecule has 0 radical (unpaired) electrons. The molecule has 0 aliphatic carbocycles. The molecule has 86 valence electrons. The SMILES string of the molecule is Cc1ccc2c(cc(C#N)n2CC(N)=O)c1C. The Kier molecular flexibility index (Phi) is 2.60. The van der Waals surface area contributed by atoms with Crippen molar-refractivity contribution in [3.63, 3.8) is 0 Å². The van der Waals surface area contributed by atoms with Crippen molar-refractivity contribution in [1.82, 2.24) is 4.57 Å². The summed E-state index contributed by atoms with van der Waals surface area (Å²) in [4.78, 5) is 11.0. The summed E-state index contributed by atoms with van der Waals surface area (Å²) in [6, 6.07) is 7.80. The van der Waals surface area contributed by atoms with Gasteiger partial charge in [0.1, 0.15) is 18.3 Å². The van der Waals surface area contributed by atoms with Crippen LogP contribution in [-0.4, -0.2) is 10.5 Å². The third-order valence-electron chi connectivity index (χ3n) is 3.05. The topological polar surface area (TPSA) is 71.8 Å². The van der Waals surface area contributed by atoms with Crippen molar-refractivity contribution in [2.45, 2.75) is 20.4 Å². The predicted octanol–water partition coefficient (Wildman–Crippen LogP) is 1.62. The molecule has 2 rings (SSSR count). The van der Waals surface area contributed by atoms with Crippen molar-refractivity contribution >= 4 is 16.8 Å². The lowest BCUT2D eigenvalue weighted by Gasteiger charge is -2.05. The largest absolute Gasteiger partial charge is 0.368 e. The highest BCUT2D eigenvalue weighted by Crippen LogP contribution is 2.25. The summed E-state index contributed by atoms with van der Waals surface area (Å²) in [5, 5.41) is 10.1. The number of aromatic nitrogens is 1. The van der Waals surface area contributed by atoms with Gasteiger partial charge in [-0.2, -0.15) is 5.26 Å². The zero-order chi connectivity index (χ0) is 12.6. The van der Waals surface area contributed by atoms with Gasteiger partial charge in [0.2, 0.25) is 5.91 Å². The van der Waals surface area contributed by atoms with Gasteiger partial charge in [-0.1, -0.05) is 6.07 Å². The summed E-state index contributed by atoms with van der Waals surface area (Å²) in [5.41, 5.74) is 8.83. The van der Waals surface area contributed by atoms with Crippen LogP contribution in [0, 0.1) is 25.2 Å². The predicted molar refractivity (Wildman–Crippen MR) is 65.3 cm³/mol. The molecule has 0 spiro atoms. The van der Waals surface area contributed by atoms with Crippen LogP contribution >= 0.6 is 0 Å². The highest BCUT2D eigenvalue weighted by Gasteiger charge is 2.12. The summed E-state index contributed by atoms with van der Waals surface area (Å²) >= 11 is 0. The van der Waals surface area contributed by atoms with Crippen molar-refractivity contribution in [1.29, 1.82) is 5.26 Å². The quantitative estimate of drug-likeness (QED) is 0.846. The highest BCUT2D eigenvalue weighted by atomic mass is 16.1. The van der Waals surface area contributed by atoms with Crippen LogP contribution in [0.3, 0.4) is 0 Å². The lowest BCUT2D eigenvalue weighted by atomic mass is 10.1. The molecule has 0 atom stereocenters. The number of carbonyl (C=O) groups is 1. The molecule has 0 fully saturated rings. The molecule has 1 amide bonds. The summed E-state index contributed by atoms with van der Waals surface area (Å²) in [6.07, 6.45) is 0. The maximum atomic E-state index is 11.0. The van der Waals surface area contributed by atoms with Crippen LogP contribution in [0.2, 0.25) is 0 Å². The molecule has 1 aromatic carbocycles. The fraction of sp³-hybridized carbons (Fsp3) is 0.231. The first-order valence-electron chi connectivity index (χ1n) is 5.32. The number of primary amides is 1. The van der Waals surface area contributed by atoms with E-state index in [2.05, 4.69) is 6.07 Å². The van der Waals surface area contributed by atoms with Crippen molar-refractivity contribution in [2.24, 2.45) is 5.73 Å². The molecular formula is C13H13N3O. The summed E-state index contributed by atoms with van der Waals surface area (Å²) < 4.78 is 1.66. The van der Waals surface area contributed by atoms with E-state index in [-0.39, 0.29) is 6.54 Å². The standard InChI is InChI=1S/C13H13N3O/c1-8-3-4-12-11(9(8)2)5-10(6-14)16(12)7-13(15)17/h3-5H,7H2,1-2H3,(H2,15,17). The van der Waals surface area contributed by atoms with Crippen molar-refractivity contribution in [3.05, 3.63) is 35.0 Å². The van der Waals surface area contributed by atoms with Gasteiger partial charge in [-0.05, 0) is 37.1 Å². The van der Waals surface area contributed by atoms with E-state index in [0.717, 1.165) is 16.5 Å². The first-order valence-corrected chi connectivity index (χ1v) is 5.32. The van der Waals surface area contributed by atoms with Crippen LogP contribution < -0.4 is 5.73 Å². The molecule has 0 saturated carbocycles. The van der Waals surface area contributed by atoms with Crippen LogP contribution in [0.4, 0.5) is 0 Å². The monoisotopic (exact) mass is 227 g/mol. The number of nitrogens with two attached hydrogens (primary N) is 1. The van der Waals surface area contributed by atoms with E-state index < -0.39 is 5.91 Å². The molecule has 1 heterocycles. The lowest BCUT2D eigenvalue weighted by molar-refractivity contribution is -0.118. The van der Waals surface area contributed by atoms with Gasteiger partial charge >= 0.3 is 0 Å². The summed E-state index contributed by atoms with van der Waals surface area (Å²) in [6.45, 7) is 4.06. The van der Waals surface area contributed by atoms with Crippen LogP contribution in [0.5, 0.6) is 0 Å². The molecule has 4 nitrogen and oxygen atoms in total. The van der Waals surface area contributed by atoms with E-state index in [1.807, 2.05) is 26.0 Å². The van der Waals surface area contributed by atoms with Gasteiger partial charge in [-0.25, -0.2) is 0 Å². The second-order valence-electron chi connectivity index (χ2n) is 4.13. The number of amides is 1. The molecule has 0 saturated heterocycles. The van der Waals surface area contributed by atoms with Gasteiger partial charge < -0.3 is 10.3 Å². The average molecular weight is 227 g/mol. The number of hydrogen-bond donors (Lipinski definition) is 1. The smallest absolute Gasteiger partial charge is 0.237 e. The summed E-state index contributed by atoms with van der Waals surface area (Å²) in [5.74, 6) is -0.447. The normalized spacial score (nSPS) is 10.4. The maximum absolute atomic E-state index is 11.0. The third-order valence-corrected chi connectivity index (χ3v) is 3.05. The molecular weight excluding hydrogens is 214 g/mol. The molecule has 4 heteroatoms. The van der Waals surface area contributed by atoms with Crippen LogP contribution in [-0.2, 0) is 11.3 Å². The molecule has 17 heavy (non-hydrogen) atoms. The Labute approximate surface area is 99.3 Å². The number of fused-ring (bicyclic) bond motifs is 1. The molecule has 0 bridgehead atoms. The number of aryl methyl sites for hydroxylation is 2. The van der Waals surface area contributed by atoms with E-state index in [1.165, 1.54) is 5.56 Å². The number of hydrogen-bond acceptors (Lipinski definition) is 2. The average Bonchev–Trinajstić information content (AvgIpc) is 2.62. The Morgan fingerprint density at radius 1 is 1.47 bits per heavy atom. The van der Waals surface area contributed by atoms with E-state index in [4.69, 9.17) is 11.0 Å². The maximum Gasteiger partial charge on any atom is 0.237 e. The van der Waals surface area contributed by atoms with Crippen LogP contribution in [0.25, 0.3) is 10.9 Å². The molecule has 1 aromatic heterocycles. The van der Waals surface area contributed by atoms with E-state index >= 15 is 0 Å². The number of carbonyl (C=O) groups excluding carboxylic acids is 1. The Balaban J connectivity index is 2.78. The minimum atomic E-state index is -0.447. The minimum absolute atomic E-state index is 0.0366. The van der Waals surface area contributed by atoms with Gasteiger partial charge in [0.25, 0.3) is 0 Å². The Bertz CT molecular complexity index is 647. The van der Waals surface area contributed by atoms with Crippen LogP contribution in [0.15, 0.2) is 18.2 Å².